The van der Waals surface area contributed by atoms with Crippen LogP contribution in [0.1, 0.15) is 38.0 Å². The van der Waals surface area contributed by atoms with Gasteiger partial charge < -0.3 is 5.11 Å². The maximum absolute atomic E-state index is 10.1. The van der Waals surface area contributed by atoms with Crippen molar-refractivity contribution in [3.63, 3.8) is 0 Å². The van der Waals surface area contributed by atoms with E-state index in [1.54, 1.807) is 0 Å². The Hall–Kier alpha value is -0.820. The van der Waals surface area contributed by atoms with Crippen LogP contribution in [-0.4, -0.2) is 5.11 Å². The van der Waals surface area contributed by atoms with Gasteiger partial charge in [0, 0.05) is 0 Å². The minimum absolute atomic E-state index is 0.302. The van der Waals surface area contributed by atoms with E-state index in [1.165, 1.54) is 5.56 Å². The first kappa shape index (κ1) is 11.3. The highest BCUT2D eigenvalue weighted by atomic mass is 16.3. The van der Waals surface area contributed by atoms with E-state index in [-0.39, 0.29) is 6.10 Å². The van der Waals surface area contributed by atoms with Crippen LogP contribution in [0.4, 0.5) is 0 Å². The van der Waals surface area contributed by atoms with Crippen molar-refractivity contribution in [1.29, 1.82) is 0 Å². The molecule has 1 N–H and O–H groups in total. The molecule has 0 bridgehead atoms. The minimum Gasteiger partial charge on any atom is -0.388 e. The number of aliphatic hydroxyl groups excluding tert-OH is 1. The molecule has 0 radical (unpaired) electrons. The van der Waals surface area contributed by atoms with E-state index in [1.807, 2.05) is 31.2 Å². The zero-order chi connectivity index (χ0) is 10.7. The van der Waals surface area contributed by atoms with Crippen molar-refractivity contribution in [2.24, 2.45) is 11.8 Å². The average Bonchev–Trinajstić information content (AvgIpc) is 2.16. The van der Waals surface area contributed by atoms with Crippen LogP contribution in [0.15, 0.2) is 24.3 Å². The lowest BCUT2D eigenvalue weighted by atomic mass is 9.87. The molecule has 0 aromatic heterocycles. The van der Waals surface area contributed by atoms with Crippen LogP contribution in [0.2, 0.25) is 0 Å². The van der Waals surface area contributed by atoms with Gasteiger partial charge in [-0.3, -0.25) is 0 Å². The second kappa shape index (κ2) is 4.61. The lowest BCUT2D eigenvalue weighted by molar-refractivity contribution is 0.0915. The van der Waals surface area contributed by atoms with E-state index in [4.69, 9.17) is 0 Å². The summed E-state index contributed by atoms with van der Waals surface area (Å²) in [6.07, 6.45) is -0.337. The summed E-state index contributed by atoms with van der Waals surface area (Å²) in [4.78, 5) is 0. The molecule has 1 heteroatoms. The Balaban J connectivity index is 2.89. The largest absolute Gasteiger partial charge is 0.388 e. The van der Waals surface area contributed by atoms with Gasteiger partial charge in [0.15, 0.2) is 0 Å². The van der Waals surface area contributed by atoms with Crippen molar-refractivity contribution in [2.45, 2.75) is 33.8 Å². The second-order valence-corrected chi connectivity index (χ2v) is 4.40. The van der Waals surface area contributed by atoms with Gasteiger partial charge in [0.2, 0.25) is 0 Å². The van der Waals surface area contributed by atoms with Crippen LogP contribution in [0.25, 0.3) is 0 Å². The van der Waals surface area contributed by atoms with Crippen LogP contribution in [0, 0.1) is 18.8 Å². The van der Waals surface area contributed by atoms with E-state index in [2.05, 4.69) is 20.8 Å². The molecular formula is C13H20O. The van der Waals surface area contributed by atoms with E-state index >= 15 is 0 Å². The van der Waals surface area contributed by atoms with Gasteiger partial charge in [0.05, 0.1) is 6.10 Å². The Morgan fingerprint density at radius 3 is 2.14 bits per heavy atom. The highest BCUT2D eigenvalue weighted by Crippen LogP contribution is 2.29. The van der Waals surface area contributed by atoms with Gasteiger partial charge in [-0.05, 0) is 29.9 Å². The number of hydrogen-bond donors (Lipinski definition) is 1. The Kier molecular flexibility index (Phi) is 3.70. The summed E-state index contributed by atoms with van der Waals surface area (Å²) in [5, 5.41) is 10.1. The lowest BCUT2D eigenvalue weighted by Crippen LogP contribution is -2.15. The second-order valence-electron chi connectivity index (χ2n) is 4.40. The molecule has 1 rings (SSSR count). The molecule has 2 unspecified atom stereocenters. The number of rotatable bonds is 3. The van der Waals surface area contributed by atoms with Crippen molar-refractivity contribution < 1.29 is 5.11 Å². The molecule has 0 fully saturated rings. The van der Waals surface area contributed by atoms with Gasteiger partial charge in [-0.1, -0.05) is 45.0 Å². The normalized spacial score (nSPS) is 15.6. The molecule has 14 heavy (non-hydrogen) atoms. The monoisotopic (exact) mass is 192 g/mol. The summed E-state index contributed by atoms with van der Waals surface area (Å²) in [7, 11) is 0. The van der Waals surface area contributed by atoms with Gasteiger partial charge in [-0.15, -0.1) is 0 Å². The SMILES string of the molecule is Cc1ccccc1C(O)C(C)C(C)C. The Morgan fingerprint density at radius 1 is 1.07 bits per heavy atom. The fourth-order valence-corrected chi connectivity index (χ4v) is 1.57. The van der Waals surface area contributed by atoms with Crippen molar-refractivity contribution >= 4 is 0 Å². The molecule has 0 heterocycles. The van der Waals surface area contributed by atoms with E-state index < -0.39 is 0 Å². The Bertz CT molecular complexity index is 291. The lowest BCUT2D eigenvalue weighted by Gasteiger charge is -2.23. The number of aryl methyl sites for hydroxylation is 1. The number of aliphatic hydroxyl groups is 1. The molecule has 0 aliphatic rings. The quantitative estimate of drug-likeness (QED) is 0.779. The van der Waals surface area contributed by atoms with Crippen LogP contribution in [0.3, 0.4) is 0 Å². The standard InChI is InChI=1S/C13H20O/c1-9(2)11(4)13(14)12-8-6-5-7-10(12)3/h5-9,11,13-14H,1-4H3. The maximum atomic E-state index is 10.1. The molecular weight excluding hydrogens is 172 g/mol. The van der Waals surface area contributed by atoms with E-state index in [9.17, 15) is 5.11 Å². The van der Waals surface area contributed by atoms with Crippen molar-refractivity contribution in [3.05, 3.63) is 35.4 Å². The molecule has 0 aliphatic heterocycles. The van der Waals surface area contributed by atoms with Crippen molar-refractivity contribution in [1.82, 2.24) is 0 Å². The van der Waals surface area contributed by atoms with E-state index in [0.29, 0.717) is 11.8 Å². The minimum atomic E-state index is -0.337. The third kappa shape index (κ3) is 2.36. The molecule has 1 aromatic rings. The maximum Gasteiger partial charge on any atom is 0.0820 e. The summed E-state index contributed by atoms with van der Waals surface area (Å²) in [6.45, 7) is 8.44. The Labute approximate surface area is 86.8 Å². The number of hydrogen-bond acceptors (Lipinski definition) is 1. The molecule has 0 spiro atoms. The molecule has 0 aliphatic carbocycles. The van der Waals surface area contributed by atoms with Crippen molar-refractivity contribution in [2.75, 3.05) is 0 Å². The van der Waals surface area contributed by atoms with Crippen LogP contribution in [-0.2, 0) is 0 Å². The molecule has 1 nitrogen and oxygen atoms in total. The third-order valence-electron chi connectivity index (χ3n) is 3.06. The summed E-state index contributed by atoms with van der Waals surface area (Å²) >= 11 is 0. The molecule has 0 amide bonds. The predicted molar refractivity (Wildman–Crippen MR) is 60.1 cm³/mol. The summed E-state index contributed by atoms with van der Waals surface area (Å²) in [6, 6.07) is 8.05. The van der Waals surface area contributed by atoms with Gasteiger partial charge in [-0.2, -0.15) is 0 Å². The molecule has 1 aromatic carbocycles. The summed E-state index contributed by atoms with van der Waals surface area (Å²) in [5.74, 6) is 0.806. The zero-order valence-corrected chi connectivity index (χ0v) is 9.49. The van der Waals surface area contributed by atoms with Gasteiger partial charge in [-0.25, -0.2) is 0 Å². The predicted octanol–water partition coefficient (Wildman–Crippen LogP) is 3.32. The summed E-state index contributed by atoms with van der Waals surface area (Å²) < 4.78 is 0. The molecule has 0 saturated heterocycles. The molecule has 0 saturated carbocycles. The van der Waals surface area contributed by atoms with Crippen molar-refractivity contribution in [3.8, 4) is 0 Å². The highest BCUT2D eigenvalue weighted by molar-refractivity contribution is 5.27. The fourth-order valence-electron chi connectivity index (χ4n) is 1.57. The first-order chi connectivity index (χ1) is 6.54. The number of benzene rings is 1. The molecule has 78 valence electrons. The third-order valence-corrected chi connectivity index (χ3v) is 3.06. The van der Waals surface area contributed by atoms with Gasteiger partial charge in [0.1, 0.15) is 0 Å². The highest BCUT2D eigenvalue weighted by Gasteiger charge is 2.20. The van der Waals surface area contributed by atoms with Crippen LogP contribution in [0.5, 0.6) is 0 Å². The van der Waals surface area contributed by atoms with Gasteiger partial charge in [0.25, 0.3) is 0 Å². The van der Waals surface area contributed by atoms with E-state index in [0.717, 1.165) is 5.56 Å². The molecule has 2 atom stereocenters. The zero-order valence-electron chi connectivity index (χ0n) is 9.49. The summed E-state index contributed by atoms with van der Waals surface area (Å²) in [5.41, 5.74) is 2.24. The fraction of sp³-hybridized carbons (Fsp3) is 0.538. The average molecular weight is 192 g/mol. The van der Waals surface area contributed by atoms with Gasteiger partial charge >= 0.3 is 0 Å². The Morgan fingerprint density at radius 2 is 1.64 bits per heavy atom. The smallest absolute Gasteiger partial charge is 0.0820 e. The first-order valence-electron chi connectivity index (χ1n) is 5.27. The van der Waals surface area contributed by atoms with Crippen LogP contribution >= 0.6 is 0 Å². The topological polar surface area (TPSA) is 20.2 Å². The first-order valence-corrected chi connectivity index (χ1v) is 5.27. The van der Waals surface area contributed by atoms with Crippen LogP contribution < -0.4 is 0 Å².